The largest absolute Gasteiger partial charge is 0.479 e. The number of hydrogen-bond acceptors (Lipinski definition) is 3. The van der Waals surface area contributed by atoms with Crippen molar-refractivity contribution in [3.05, 3.63) is 35.4 Å². The van der Waals surface area contributed by atoms with E-state index in [4.69, 9.17) is 4.74 Å². The fourth-order valence-corrected chi connectivity index (χ4v) is 1.64. The summed E-state index contributed by atoms with van der Waals surface area (Å²) in [5.41, 5.74) is -0.715. The van der Waals surface area contributed by atoms with Crippen molar-refractivity contribution in [2.45, 2.75) is 45.8 Å². The van der Waals surface area contributed by atoms with Gasteiger partial charge in [0.1, 0.15) is 5.60 Å². The molecule has 0 saturated heterocycles. The lowest BCUT2D eigenvalue weighted by molar-refractivity contribution is -0.144. The first-order valence-electron chi connectivity index (χ1n) is 6.36. The molecule has 5 heteroatoms. The molecule has 0 unspecified atom stereocenters. The maximum absolute atomic E-state index is 11.8. The maximum Gasteiger partial charge on any atom is 0.408 e. The second-order valence-electron chi connectivity index (χ2n) is 5.92. The first-order valence-corrected chi connectivity index (χ1v) is 6.36. The van der Waals surface area contributed by atoms with Crippen LogP contribution in [0.2, 0.25) is 0 Å². The Bertz CT molecular complexity index is 502. The van der Waals surface area contributed by atoms with Gasteiger partial charge in [0.05, 0.1) is 0 Å². The molecule has 0 saturated carbocycles. The molecular weight excluding hydrogens is 258 g/mol. The summed E-state index contributed by atoms with van der Waals surface area (Å²) in [7, 11) is 0. The molecule has 2 N–H and O–H groups in total. The fourth-order valence-electron chi connectivity index (χ4n) is 1.64. The molecule has 1 atom stereocenters. The number of amides is 1. The number of carboxylic acids is 1. The van der Waals surface area contributed by atoms with Gasteiger partial charge in [-0.05, 0) is 40.2 Å². The molecule has 0 spiro atoms. The van der Waals surface area contributed by atoms with Crippen molar-refractivity contribution in [1.82, 2.24) is 5.32 Å². The highest BCUT2D eigenvalue weighted by Crippen LogP contribution is 2.22. The van der Waals surface area contributed by atoms with E-state index in [1.54, 1.807) is 45.0 Å². The van der Waals surface area contributed by atoms with Gasteiger partial charge in [0.25, 0.3) is 0 Å². The molecule has 1 rings (SSSR count). The van der Waals surface area contributed by atoms with E-state index in [2.05, 4.69) is 5.32 Å². The van der Waals surface area contributed by atoms with Crippen molar-refractivity contribution in [2.24, 2.45) is 0 Å². The van der Waals surface area contributed by atoms with Crippen LogP contribution in [-0.4, -0.2) is 22.8 Å². The number of rotatable bonds is 3. The fraction of sp³-hybridized carbons (Fsp3) is 0.467. The van der Waals surface area contributed by atoms with Gasteiger partial charge in [-0.15, -0.1) is 0 Å². The van der Waals surface area contributed by atoms with E-state index in [0.717, 1.165) is 5.56 Å². The van der Waals surface area contributed by atoms with Crippen LogP contribution in [-0.2, 0) is 15.1 Å². The molecule has 0 aliphatic carbocycles. The van der Waals surface area contributed by atoms with Crippen LogP contribution >= 0.6 is 0 Å². The van der Waals surface area contributed by atoms with Crippen molar-refractivity contribution in [3.8, 4) is 0 Å². The molecule has 110 valence electrons. The Kier molecular flexibility index (Phi) is 4.43. The molecule has 20 heavy (non-hydrogen) atoms. The molecule has 0 fully saturated rings. The molecular formula is C15H21NO4. The Morgan fingerprint density at radius 1 is 1.10 bits per heavy atom. The Balaban J connectivity index is 3.01. The van der Waals surface area contributed by atoms with Crippen LogP contribution in [0.3, 0.4) is 0 Å². The number of alkyl carbamates (subject to hydrolysis) is 1. The predicted octanol–water partition coefficient (Wildman–Crippen LogP) is 2.82. The first kappa shape index (κ1) is 16.0. The minimum Gasteiger partial charge on any atom is -0.479 e. The zero-order chi connectivity index (χ0) is 15.6. The lowest BCUT2D eigenvalue weighted by Crippen LogP contribution is -2.51. The van der Waals surface area contributed by atoms with Gasteiger partial charge in [-0.25, -0.2) is 9.59 Å². The van der Waals surface area contributed by atoms with Gasteiger partial charge in [-0.3, -0.25) is 0 Å². The van der Waals surface area contributed by atoms with Crippen LogP contribution in [0.1, 0.15) is 38.8 Å². The van der Waals surface area contributed by atoms with Crippen LogP contribution in [0.25, 0.3) is 0 Å². The van der Waals surface area contributed by atoms with E-state index >= 15 is 0 Å². The van der Waals surface area contributed by atoms with Crippen LogP contribution in [0, 0.1) is 6.92 Å². The monoisotopic (exact) mass is 279 g/mol. The van der Waals surface area contributed by atoms with Crippen LogP contribution in [0.5, 0.6) is 0 Å². The topological polar surface area (TPSA) is 75.6 Å². The quantitative estimate of drug-likeness (QED) is 0.892. The Morgan fingerprint density at radius 3 is 2.00 bits per heavy atom. The molecule has 1 amide bonds. The molecule has 0 aliphatic heterocycles. The minimum absolute atomic E-state index is 0.487. The molecule has 0 bridgehead atoms. The van der Waals surface area contributed by atoms with E-state index in [0.29, 0.717) is 5.56 Å². The number of nitrogens with one attached hydrogen (secondary N) is 1. The number of benzene rings is 1. The third kappa shape index (κ3) is 3.98. The van der Waals surface area contributed by atoms with Gasteiger partial charge < -0.3 is 15.2 Å². The summed E-state index contributed by atoms with van der Waals surface area (Å²) in [6, 6.07) is 6.96. The zero-order valence-corrected chi connectivity index (χ0v) is 12.5. The van der Waals surface area contributed by atoms with Gasteiger partial charge in [0.15, 0.2) is 5.54 Å². The smallest absolute Gasteiger partial charge is 0.408 e. The normalized spacial score (nSPS) is 14.2. The van der Waals surface area contributed by atoms with Crippen LogP contribution in [0.15, 0.2) is 24.3 Å². The van der Waals surface area contributed by atoms with Crippen molar-refractivity contribution in [2.75, 3.05) is 0 Å². The van der Waals surface area contributed by atoms with Gasteiger partial charge in [-0.1, -0.05) is 29.8 Å². The van der Waals surface area contributed by atoms with Crippen LogP contribution < -0.4 is 5.32 Å². The van der Waals surface area contributed by atoms with E-state index in [1.807, 2.05) is 6.92 Å². The summed E-state index contributed by atoms with van der Waals surface area (Å²) < 4.78 is 5.12. The van der Waals surface area contributed by atoms with Gasteiger partial charge in [0, 0.05) is 0 Å². The van der Waals surface area contributed by atoms with Crippen molar-refractivity contribution in [3.63, 3.8) is 0 Å². The number of carbonyl (C=O) groups excluding carboxylic acids is 1. The van der Waals surface area contributed by atoms with Crippen LogP contribution in [0.4, 0.5) is 4.79 Å². The highest BCUT2D eigenvalue weighted by atomic mass is 16.6. The Hall–Kier alpha value is -2.04. The third-order valence-corrected chi connectivity index (χ3v) is 2.81. The highest BCUT2D eigenvalue weighted by molar-refractivity contribution is 5.85. The lowest BCUT2D eigenvalue weighted by Gasteiger charge is -2.29. The average Bonchev–Trinajstić information content (AvgIpc) is 2.26. The summed E-state index contributed by atoms with van der Waals surface area (Å²) in [4.78, 5) is 23.4. The summed E-state index contributed by atoms with van der Waals surface area (Å²) in [6.45, 7) is 8.50. The predicted molar refractivity (Wildman–Crippen MR) is 75.5 cm³/mol. The summed E-state index contributed by atoms with van der Waals surface area (Å²) in [6.07, 6.45) is -0.761. The zero-order valence-electron chi connectivity index (χ0n) is 12.5. The summed E-state index contributed by atoms with van der Waals surface area (Å²) in [5, 5.41) is 11.9. The summed E-state index contributed by atoms with van der Waals surface area (Å²) in [5.74, 6) is -1.15. The van der Waals surface area contributed by atoms with Gasteiger partial charge in [-0.2, -0.15) is 0 Å². The number of carboxylic acid groups (broad SMARTS) is 1. The number of carbonyl (C=O) groups is 2. The van der Waals surface area contributed by atoms with Crippen molar-refractivity contribution >= 4 is 12.1 Å². The molecule has 0 radical (unpaired) electrons. The van der Waals surface area contributed by atoms with Gasteiger partial charge >= 0.3 is 12.1 Å². The Labute approximate surface area is 118 Å². The number of aryl methyl sites for hydroxylation is 1. The molecule has 0 heterocycles. The molecule has 0 aromatic heterocycles. The number of ether oxygens (including phenoxy) is 1. The molecule has 0 aliphatic rings. The molecule has 1 aromatic rings. The number of aliphatic carboxylic acids is 1. The second-order valence-corrected chi connectivity index (χ2v) is 5.92. The highest BCUT2D eigenvalue weighted by Gasteiger charge is 2.38. The average molecular weight is 279 g/mol. The standard InChI is InChI=1S/C15H21NO4/c1-10-6-8-11(9-7-10)15(5,12(17)18)16-13(19)20-14(2,3)4/h6-9H,1-5H3,(H,16,19)(H,17,18)/t15-/m0/s1. The van der Waals surface area contributed by atoms with Gasteiger partial charge in [0.2, 0.25) is 0 Å². The van der Waals surface area contributed by atoms with Crippen molar-refractivity contribution < 1.29 is 19.4 Å². The van der Waals surface area contributed by atoms with E-state index in [9.17, 15) is 14.7 Å². The number of hydrogen-bond donors (Lipinski definition) is 2. The summed E-state index contributed by atoms with van der Waals surface area (Å²) >= 11 is 0. The minimum atomic E-state index is -1.53. The van der Waals surface area contributed by atoms with E-state index in [1.165, 1.54) is 6.92 Å². The molecule has 5 nitrogen and oxygen atoms in total. The van der Waals surface area contributed by atoms with Crippen molar-refractivity contribution in [1.29, 1.82) is 0 Å². The van der Waals surface area contributed by atoms with E-state index in [-0.39, 0.29) is 0 Å². The SMILES string of the molecule is Cc1ccc([C@](C)(NC(=O)OC(C)(C)C)C(=O)O)cc1. The van der Waals surface area contributed by atoms with E-state index < -0.39 is 23.2 Å². The second kappa shape index (κ2) is 5.53. The molecule has 1 aromatic carbocycles. The Morgan fingerprint density at radius 2 is 1.60 bits per heavy atom. The first-order chi connectivity index (χ1) is 9.04. The lowest BCUT2D eigenvalue weighted by atomic mass is 9.91. The third-order valence-electron chi connectivity index (χ3n) is 2.81. The maximum atomic E-state index is 11.8.